The molecule has 1 aliphatic heterocycles. The predicted molar refractivity (Wildman–Crippen MR) is 125 cm³/mol. The van der Waals surface area contributed by atoms with Gasteiger partial charge in [0.1, 0.15) is 0 Å². The summed E-state index contributed by atoms with van der Waals surface area (Å²) >= 11 is 0. The van der Waals surface area contributed by atoms with Crippen molar-refractivity contribution in [1.82, 2.24) is 10.6 Å². The van der Waals surface area contributed by atoms with Gasteiger partial charge in [-0.3, -0.25) is 9.52 Å². The lowest BCUT2D eigenvalue weighted by Crippen LogP contribution is -2.44. The molecule has 1 fully saturated rings. The molecule has 0 aromatic heterocycles. The van der Waals surface area contributed by atoms with E-state index in [1.807, 2.05) is 13.0 Å². The fourth-order valence-corrected chi connectivity index (χ4v) is 4.58. The van der Waals surface area contributed by atoms with Crippen LogP contribution in [0.25, 0.3) is 0 Å². The van der Waals surface area contributed by atoms with E-state index in [-0.39, 0.29) is 10.8 Å². The molecular formula is C22H27F3N4O5S. The van der Waals surface area contributed by atoms with Crippen molar-refractivity contribution in [1.29, 1.82) is 0 Å². The minimum atomic E-state index is -5.08. The van der Waals surface area contributed by atoms with Crippen molar-refractivity contribution in [2.75, 3.05) is 42.3 Å². The minimum Gasteiger partial charge on any atom is -0.475 e. The number of aryl methyl sites for hydroxylation is 1. The second-order valence-corrected chi connectivity index (χ2v) is 9.15. The highest BCUT2D eigenvalue weighted by Gasteiger charge is 2.38. The molecule has 1 heterocycles. The fourth-order valence-electron chi connectivity index (χ4n) is 3.29. The van der Waals surface area contributed by atoms with E-state index in [1.54, 1.807) is 43.3 Å². The van der Waals surface area contributed by atoms with Crippen LogP contribution in [0.3, 0.4) is 0 Å². The number of sulfonamides is 1. The van der Waals surface area contributed by atoms with Gasteiger partial charge in [0.05, 0.1) is 10.5 Å². The summed E-state index contributed by atoms with van der Waals surface area (Å²) in [5.74, 6) is -2.97. The van der Waals surface area contributed by atoms with Crippen LogP contribution in [-0.4, -0.2) is 64.3 Å². The maximum absolute atomic E-state index is 12.8. The largest absolute Gasteiger partial charge is 0.490 e. The van der Waals surface area contributed by atoms with Crippen LogP contribution in [0.15, 0.2) is 47.4 Å². The third kappa shape index (κ3) is 7.86. The van der Waals surface area contributed by atoms with Gasteiger partial charge in [0, 0.05) is 44.1 Å². The molecule has 0 radical (unpaired) electrons. The number of rotatable bonds is 6. The number of halogens is 3. The molecule has 2 aromatic carbocycles. The van der Waals surface area contributed by atoms with Crippen LogP contribution in [0, 0.1) is 6.92 Å². The second-order valence-electron chi connectivity index (χ2n) is 7.50. The first kappa shape index (κ1) is 27.9. The number of nitrogens with zero attached hydrogens (tertiary/aromatic N) is 1. The standard InChI is InChI=1S/C20H26N4O3S.C2HF3O2/c1-3-22-20(25)17-14-16(8-9-18(17)24-12-10-21-11-13-24)23-28(26,27)19-7-5-4-6-15(19)2;3-2(4,5)1(6)7/h4-9,14,21,23H,3,10-13H2,1-2H3,(H,22,25);(H,6,7). The van der Waals surface area contributed by atoms with E-state index in [0.717, 1.165) is 31.9 Å². The van der Waals surface area contributed by atoms with E-state index in [2.05, 4.69) is 20.3 Å². The summed E-state index contributed by atoms with van der Waals surface area (Å²) in [6, 6.07) is 11.9. The summed E-state index contributed by atoms with van der Waals surface area (Å²) in [4.78, 5) is 23.9. The van der Waals surface area contributed by atoms with Crippen LogP contribution < -0.4 is 20.3 Å². The Balaban J connectivity index is 0.000000540. The van der Waals surface area contributed by atoms with E-state index in [1.165, 1.54) is 0 Å². The third-order valence-electron chi connectivity index (χ3n) is 4.91. The predicted octanol–water partition coefficient (Wildman–Crippen LogP) is 2.59. The molecule has 13 heteroatoms. The fraction of sp³-hybridized carbons (Fsp3) is 0.364. The first-order valence-corrected chi connectivity index (χ1v) is 12.1. The van der Waals surface area contributed by atoms with Gasteiger partial charge < -0.3 is 20.6 Å². The Kier molecular flexibility index (Phi) is 9.48. The van der Waals surface area contributed by atoms with Gasteiger partial charge in [-0.05, 0) is 43.7 Å². The topological polar surface area (TPSA) is 128 Å². The van der Waals surface area contributed by atoms with Crippen molar-refractivity contribution in [2.24, 2.45) is 0 Å². The number of carbonyl (C=O) groups excluding carboxylic acids is 1. The summed E-state index contributed by atoms with van der Waals surface area (Å²) in [7, 11) is -3.74. The smallest absolute Gasteiger partial charge is 0.475 e. The number of carboxylic acids is 1. The highest BCUT2D eigenvalue weighted by molar-refractivity contribution is 7.92. The van der Waals surface area contributed by atoms with E-state index in [4.69, 9.17) is 9.90 Å². The van der Waals surface area contributed by atoms with Crippen molar-refractivity contribution >= 4 is 33.3 Å². The van der Waals surface area contributed by atoms with Crippen molar-refractivity contribution in [2.45, 2.75) is 24.9 Å². The van der Waals surface area contributed by atoms with Crippen LogP contribution in [0.1, 0.15) is 22.8 Å². The summed E-state index contributed by atoms with van der Waals surface area (Å²) in [5.41, 5.74) is 2.31. The van der Waals surface area contributed by atoms with Crippen LogP contribution in [0.5, 0.6) is 0 Å². The van der Waals surface area contributed by atoms with Crippen LogP contribution in [0.4, 0.5) is 24.5 Å². The summed E-state index contributed by atoms with van der Waals surface area (Å²) in [6.45, 7) is 7.38. The van der Waals surface area contributed by atoms with E-state index < -0.39 is 22.2 Å². The van der Waals surface area contributed by atoms with Crippen LogP contribution in [0.2, 0.25) is 0 Å². The van der Waals surface area contributed by atoms with Gasteiger partial charge in [-0.2, -0.15) is 13.2 Å². The zero-order valence-electron chi connectivity index (χ0n) is 19.1. The molecule has 0 spiro atoms. The average molecular weight is 517 g/mol. The molecule has 0 aliphatic carbocycles. The SMILES string of the molecule is CCNC(=O)c1cc(NS(=O)(=O)c2ccccc2C)ccc1N1CCNCC1.O=C(O)C(F)(F)F. The zero-order chi connectivity index (χ0) is 26.2. The van der Waals surface area contributed by atoms with Crippen molar-refractivity contribution in [3.8, 4) is 0 Å². The molecule has 0 unspecified atom stereocenters. The molecule has 0 bridgehead atoms. The van der Waals surface area contributed by atoms with E-state index in [0.29, 0.717) is 23.4 Å². The molecular weight excluding hydrogens is 489 g/mol. The highest BCUT2D eigenvalue weighted by atomic mass is 32.2. The first-order chi connectivity index (χ1) is 16.4. The van der Waals surface area contributed by atoms with Gasteiger partial charge in [0.15, 0.2) is 0 Å². The number of hydrogen-bond acceptors (Lipinski definition) is 6. The number of carbonyl (C=O) groups is 2. The summed E-state index contributed by atoms with van der Waals surface area (Å²) in [5, 5.41) is 13.2. The molecule has 1 aliphatic rings. The molecule has 0 saturated carbocycles. The van der Waals surface area contributed by atoms with Gasteiger partial charge in [-0.15, -0.1) is 0 Å². The molecule has 4 N–H and O–H groups in total. The number of piperazine rings is 1. The molecule has 3 rings (SSSR count). The molecule has 2 aromatic rings. The van der Waals surface area contributed by atoms with Gasteiger partial charge in [0.25, 0.3) is 15.9 Å². The molecule has 1 saturated heterocycles. The average Bonchev–Trinajstić information content (AvgIpc) is 2.79. The van der Waals surface area contributed by atoms with E-state index >= 15 is 0 Å². The third-order valence-corrected chi connectivity index (χ3v) is 6.46. The summed E-state index contributed by atoms with van der Waals surface area (Å²) < 4.78 is 59.9. The number of carboxylic acid groups (broad SMARTS) is 1. The molecule has 0 atom stereocenters. The van der Waals surface area contributed by atoms with Gasteiger partial charge in [0.2, 0.25) is 0 Å². The van der Waals surface area contributed by atoms with Crippen LogP contribution in [-0.2, 0) is 14.8 Å². The highest BCUT2D eigenvalue weighted by Crippen LogP contribution is 2.27. The monoisotopic (exact) mass is 516 g/mol. The molecule has 35 heavy (non-hydrogen) atoms. The van der Waals surface area contributed by atoms with Gasteiger partial charge in [-0.1, -0.05) is 18.2 Å². The summed E-state index contributed by atoms with van der Waals surface area (Å²) in [6.07, 6.45) is -5.08. The Morgan fingerprint density at radius 1 is 1.11 bits per heavy atom. The lowest BCUT2D eigenvalue weighted by atomic mass is 10.1. The number of nitrogens with one attached hydrogen (secondary N) is 3. The number of amides is 1. The van der Waals surface area contributed by atoms with Crippen molar-refractivity contribution in [3.05, 3.63) is 53.6 Å². The molecule has 192 valence electrons. The Morgan fingerprint density at radius 3 is 2.26 bits per heavy atom. The number of hydrogen-bond donors (Lipinski definition) is 4. The second kappa shape index (κ2) is 11.9. The Labute approximate surface area is 201 Å². The quantitative estimate of drug-likeness (QED) is 0.465. The Morgan fingerprint density at radius 2 is 1.71 bits per heavy atom. The molecule has 9 nitrogen and oxygen atoms in total. The van der Waals surface area contributed by atoms with Crippen LogP contribution >= 0.6 is 0 Å². The van der Waals surface area contributed by atoms with Crippen molar-refractivity contribution < 1.29 is 36.3 Å². The Hall–Kier alpha value is -3.32. The lowest BCUT2D eigenvalue weighted by Gasteiger charge is -2.31. The minimum absolute atomic E-state index is 0.215. The maximum atomic E-state index is 12.8. The number of aliphatic carboxylic acids is 1. The normalized spacial score (nSPS) is 13.9. The first-order valence-electron chi connectivity index (χ1n) is 10.6. The van der Waals surface area contributed by atoms with Gasteiger partial charge >= 0.3 is 12.1 Å². The number of anilines is 2. The lowest BCUT2D eigenvalue weighted by molar-refractivity contribution is -0.192. The zero-order valence-corrected chi connectivity index (χ0v) is 20.0. The van der Waals surface area contributed by atoms with E-state index in [9.17, 15) is 26.4 Å². The van der Waals surface area contributed by atoms with Crippen molar-refractivity contribution in [3.63, 3.8) is 0 Å². The number of benzene rings is 2. The maximum Gasteiger partial charge on any atom is 0.490 e. The Bertz CT molecular complexity index is 1150. The van der Waals surface area contributed by atoms with Gasteiger partial charge in [-0.25, -0.2) is 13.2 Å². The number of alkyl halides is 3. The molecule has 1 amide bonds.